The number of unbranched alkanes of at least 4 members (excludes halogenated alkanes) is 23. The van der Waals surface area contributed by atoms with Crippen molar-refractivity contribution in [3.8, 4) is 0 Å². The molecule has 0 aliphatic rings. The van der Waals surface area contributed by atoms with Crippen molar-refractivity contribution in [1.82, 2.24) is 0 Å². The van der Waals surface area contributed by atoms with Crippen LogP contribution in [0.2, 0.25) is 0 Å². The maximum Gasteiger partial charge on any atom is 0.0540 e. The first-order valence-electron chi connectivity index (χ1n) is 15.0. The van der Waals surface area contributed by atoms with Crippen LogP contribution in [0.25, 0.3) is 0 Å². The van der Waals surface area contributed by atoms with Crippen molar-refractivity contribution >= 4 is 0 Å². The van der Waals surface area contributed by atoms with Crippen LogP contribution in [-0.4, -0.2) is 11.2 Å². The molecule has 0 rings (SSSR count). The average molecular weight is 439 g/mol. The molecule has 0 saturated carbocycles. The molecule has 0 aliphatic carbocycles. The molecule has 31 heavy (non-hydrogen) atoms. The van der Waals surface area contributed by atoms with Crippen LogP contribution in [-0.2, 0) is 0 Å². The maximum atomic E-state index is 10.2. The highest BCUT2D eigenvalue weighted by Gasteiger charge is 2.03. The third-order valence-corrected chi connectivity index (χ3v) is 7.03. The lowest BCUT2D eigenvalue weighted by Crippen LogP contribution is -2.05. The van der Waals surface area contributed by atoms with E-state index < -0.39 is 0 Å². The van der Waals surface area contributed by atoms with E-state index >= 15 is 0 Å². The molecular weight excluding hydrogens is 376 g/mol. The Hall–Kier alpha value is -0.0400. The summed E-state index contributed by atoms with van der Waals surface area (Å²) in [5.41, 5.74) is 0. The summed E-state index contributed by atoms with van der Waals surface area (Å²) in [5.74, 6) is 0. The SMILES string of the molecule is CCCCCCCCCCCCCCCCCC[C@@H](O)CCCCCCCCCCC. The zero-order chi connectivity index (χ0) is 22.7. The highest BCUT2D eigenvalue weighted by Crippen LogP contribution is 2.16. The topological polar surface area (TPSA) is 20.2 Å². The van der Waals surface area contributed by atoms with Crippen molar-refractivity contribution in [3.05, 3.63) is 0 Å². The summed E-state index contributed by atoms with van der Waals surface area (Å²) in [4.78, 5) is 0. The van der Waals surface area contributed by atoms with E-state index in [0.29, 0.717) is 0 Å². The van der Waals surface area contributed by atoms with Gasteiger partial charge in [-0.2, -0.15) is 0 Å². The average Bonchev–Trinajstić information content (AvgIpc) is 2.77. The third-order valence-electron chi connectivity index (χ3n) is 7.03. The van der Waals surface area contributed by atoms with Crippen molar-refractivity contribution in [2.45, 2.75) is 193 Å². The molecule has 0 radical (unpaired) electrons. The molecular formula is C30H62O. The normalized spacial score (nSPS) is 12.5. The Labute approximate surface area is 198 Å². The molecule has 1 heteroatoms. The molecule has 0 fully saturated rings. The number of aliphatic hydroxyl groups excluding tert-OH is 1. The van der Waals surface area contributed by atoms with Crippen LogP contribution in [0.1, 0.15) is 187 Å². The molecule has 0 saturated heterocycles. The largest absolute Gasteiger partial charge is 0.393 e. The first-order chi connectivity index (χ1) is 15.3. The highest BCUT2D eigenvalue weighted by atomic mass is 16.3. The van der Waals surface area contributed by atoms with E-state index in [1.54, 1.807) is 0 Å². The Morgan fingerprint density at radius 3 is 0.742 bits per heavy atom. The number of hydrogen-bond donors (Lipinski definition) is 1. The molecule has 1 nitrogen and oxygen atoms in total. The van der Waals surface area contributed by atoms with Gasteiger partial charge in [-0.1, -0.05) is 174 Å². The first-order valence-corrected chi connectivity index (χ1v) is 15.0. The van der Waals surface area contributed by atoms with Crippen LogP contribution in [0.15, 0.2) is 0 Å². The van der Waals surface area contributed by atoms with Crippen LogP contribution in [0, 0.1) is 0 Å². The standard InChI is InChI=1S/C30H62O/c1-3-5-7-9-11-13-14-15-16-17-18-19-21-23-25-27-29-30(31)28-26-24-22-20-12-10-8-6-4-2/h30-31H,3-29H2,1-2H3/t30-/m0/s1. The predicted molar refractivity (Wildman–Crippen MR) is 142 cm³/mol. The summed E-state index contributed by atoms with van der Waals surface area (Å²) in [6.07, 6.45) is 37.1. The lowest BCUT2D eigenvalue weighted by atomic mass is 10.0. The van der Waals surface area contributed by atoms with Crippen LogP contribution in [0.3, 0.4) is 0 Å². The van der Waals surface area contributed by atoms with Gasteiger partial charge in [0.05, 0.1) is 6.10 Å². The van der Waals surface area contributed by atoms with Gasteiger partial charge in [-0.25, -0.2) is 0 Å². The molecule has 0 aromatic rings. The van der Waals surface area contributed by atoms with Crippen molar-refractivity contribution in [3.63, 3.8) is 0 Å². The van der Waals surface area contributed by atoms with Gasteiger partial charge in [0.15, 0.2) is 0 Å². The van der Waals surface area contributed by atoms with Gasteiger partial charge in [-0.3, -0.25) is 0 Å². The lowest BCUT2D eigenvalue weighted by molar-refractivity contribution is 0.147. The van der Waals surface area contributed by atoms with Gasteiger partial charge < -0.3 is 5.11 Å². The second-order valence-corrected chi connectivity index (χ2v) is 10.4. The maximum absolute atomic E-state index is 10.2. The molecule has 0 aliphatic heterocycles. The molecule has 188 valence electrons. The third kappa shape index (κ3) is 27.9. The van der Waals surface area contributed by atoms with Gasteiger partial charge in [0, 0.05) is 0 Å². The summed E-state index contributed by atoms with van der Waals surface area (Å²) in [6, 6.07) is 0. The minimum atomic E-state index is -0.0313. The van der Waals surface area contributed by atoms with E-state index in [1.165, 1.54) is 161 Å². The van der Waals surface area contributed by atoms with E-state index in [0.717, 1.165) is 12.8 Å². The fourth-order valence-corrected chi connectivity index (χ4v) is 4.76. The second kappa shape index (κ2) is 28.0. The Balaban J connectivity index is 3.11. The molecule has 0 unspecified atom stereocenters. The quantitative estimate of drug-likeness (QED) is 0.126. The minimum Gasteiger partial charge on any atom is -0.393 e. The molecule has 0 amide bonds. The zero-order valence-corrected chi connectivity index (χ0v) is 22.1. The zero-order valence-electron chi connectivity index (χ0n) is 22.1. The fraction of sp³-hybridized carbons (Fsp3) is 1.00. The fourth-order valence-electron chi connectivity index (χ4n) is 4.76. The van der Waals surface area contributed by atoms with E-state index in [2.05, 4.69) is 13.8 Å². The molecule has 0 spiro atoms. The number of aliphatic hydroxyl groups is 1. The predicted octanol–water partition coefficient (Wildman–Crippen LogP) is 10.9. The minimum absolute atomic E-state index is 0.0313. The van der Waals surface area contributed by atoms with Crippen LogP contribution in [0.4, 0.5) is 0 Å². The Kier molecular flexibility index (Phi) is 28.0. The summed E-state index contributed by atoms with van der Waals surface area (Å²) < 4.78 is 0. The summed E-state index contributed by atoms with van der Waals surface area (Å²) >= 11 is 0. The van der Waals surface area contributed by atoms with E-state index in [9.17, 15) is 5.11 Å². The number of rotatable bonds is 27. The Morgan fingerprint density at radius 1 is 0.323 bits per heavy atom. The highest BCUT2D eigenvalue weighted by molar-refractivity contribution is 4.58. The van der Waals surface area contributed by atoms with Crippen LogP contribution >= 0.6 is 0 Å². The van der Waals surface area contributed by atoms with E-state index in [4.69, 9.17) is 0 Å². The van der Waals surface area contributed by atoms with Crippen molar-refractivity contribution in [2.75, 3.05) is 0 Å². The van der Waals surface area contributed by atoms with Gasteiger partial charge in [0.1, 0.15) is 0 Å². The number of hydrogen-bond acceptors (Lipinski definition) is 1. The van der Waals surface area contributed by atoms with Crippen LogP contribution in [0.5, 0.6) is 0 Å². The van der Waals surface area contributed by atoms with Crippen molar-refractivity contribution < 1.29 is 5.11 Å². The van der Waals surface area contributed by atoms with Crippen molar-refractivity contribution in [1.29, 1.82) is 0 Å². The monoisotopic (exact) mass is 438 g/mol. The van der Waals surface area contributed by atoms with E-state index in [1.807, 2.05) is 0 Å². The Morgan fingerprint density at radius 2 is 0.516 bits per heavy atom. The molecule has 1 atom stereocenters. The first kappa shape index (κ1) is 31.0. The van der Waals surface area contributed by atoms with Gasteiger partial charge in [-0.15, -0.1) is 0 Å². The lowest BCUT2D eigenvalue weighted by Gasteiger charge is -2.10. The van der Waals surface area contributed by atoms with Crippen molar-refractivity contribution in [2.24, 2.45) is 0 Å². The van der Waals surface area contributed by atoms with Gasteiger partial charge >= 0.3 is 0 Å². The molecule has 0 bridgehead atoms. The molecule has 0 aromatic carbocycles. The smallest absolute Gasteiger partial charge is 0.0540 e. The van der Waals surface area contributed by atoms with Gasteiger partial charge in [0.25, 0.3) is 0 Å². The summed E-state index contributed by atoms with van der Waals surface area (Å²) in [6.45, 7) is 4.58. The summed E-state index contributed by atoms with van der Waals surface area (Å²) in [7, 11) is 0. The second-order valence-electron chi connectivity index (χ2n) is 10.4. The van der Waals surface area contributed by atoms with Gasteiger partial charge in [0.2, 0.25) is 0 Å². The van der Waals surface area contributed by atoms with E-state index in [-0.39, 0.29) is 6.10 Å². The van der Waals surface area contributed by atoms with Gasteiger partial charge in [-0.05, 0) is 12.8 Å². The van der Waals surface area contributed by atoms with Crippen LogP contribution < -0.4 is 0 Å². The summed E-state index contributed by atoms with van der Waals surface area (Å²) in [5, 5.41) is 10.2. The molecule has 0 heterocycles. The molecule has 1 N–H and O–H groups in total. The molecule has 0 aromatic heterocycles. The Bertz CT molecular complexity index is 301.